The molecule has 0 saturated heterocycles. The Bertz CT molecular complexity index is 649. The summed E-state index contributed by atoms with van der Waals surface area (Å²) in [6.45, 7) is 0. The monoisotopic (exact) mass is 343 g/mol. The molecule has 2 rings (SSSR count). The van der Waals surface area contributed by atoms with Gasteiger partial charge in [0, 0.05) is 15.6 Å². The average Bonchev–Trinajstić information content (AvgIpc) is 2.33. The van der Waals surface area contributed by atoms with Gasteiger partial charge in [0.25, 0.3) is 5.91 Å². The van der Waals surface area contributed by atoms with Gasteiger partial charge in [-0.1, -0.05) is 27.5 Å². The van der Waals surface area contributed by atoms with Crippen molar-refractivity contribution in [3.05, 3.63) is 57.3 Å². The molecule has 0 saturated carbocycles. The number of ether oxygens (including phenoxy) is 1. The van der Waals surface area contributed by atoms with E-state index in [0.717, 1.165) is 0 Å². The lowest BCUT2D eigenvalue weighted by atomic mass is 10.2. The van der Waals surface area contributed by atoms with Crippen molar-refractivity contribution < 1.29 is 13.9 Å². The Morgan fingerprint density at radius 3 is 2.63 bits per heavy atom. The number of rotatable bonds is 3. The van der Waals surface area contributed by atoms with Crippen molar-refractivity contribution in [2.24, 2.45) is 5.73 Å². The van der Waals surface area contributed by atoms with Crippen molar-refractivity contribution in [2.45, 2.75) is 0 Å². The predicted octanol–water partition coefficient (Wildman–Crippen LogP) is 4.13. The van der Waals surface area contributed by atoms with Crippen LogP contribution in [0.25, 0.3) is 0 Å². The Kier molecular flexibility index (Phi) is 4.07. The molecule has 0 aliphatic heterocycles. The van der Waals surface area contributed by atoms with E-state index in [4.69, 9.17) is 22.1 Å². The lowest BCUT2D eigenvalue weighted by Crippen LogP contribution is -2.12. The third-order valence-corrected chi connectivity index (χ3v) is 3.05. The first-order valence-electron chi connectivity index (χ1n) is 5.19. The van der Waals surface area contributed by atoms with Gasteiger partial charge in [0.15, 0.2) is 11.6 Å². The van der Waals surface area contributed by atoms with Crippen molar-refractivity contribution in [2.75, 3.05) is 0 Å². The van der Waals surface area contributed by atoms with Crippen LogP contribution in [0.5, 0.6) is 11.5 Å². The topological polar surface area (TPSA) is 52.3 Å². The Balaban J connectivity index is 2.45. The summed E-state index contributed by atoms with van der Waals surface area (Å²) in [5.41, 5.74) is 5.35. The molecule has 98 valence electrons. The van der Waals surface area contributed by atoms with Gasteiger partial charge in [-0.15, -0.1) is 0 Å². The summed E-state index contributed by atoms with van der Waals surface area (Å²) in [6, 6.07) is 8.56. The van der Waals surface area contributed by atoms with Crippen LogP contribution in [0.4, 0.5) is 4.39 Å². The van der Waals surface area contributed by atoms with E-state index in [1.807, 2.05) is 0 Å². The molecule has 0 fully saturated rings. The van der Waals surface area contributed by atoms with E-state index < -0.39 is 11.7 Å². The molecule has 0 aliphatic carbocycles. The van der Waals surface area contributed by atoms with E-state index in [1.54, 1.807) is 0 Å². The largest absolute Gasteiger partial charge is 0.453 e. The van der Waals surface area contributed by atoms with Crippen LogP contribution in [0.3, 0.4) is 0 Å². The highest BCUT2D eigenvalue weighted by molar-refractivity contribution is 9.10. The minimum absolute atomic E-state index is 0.0286. The van der Waals surface area contributed by atoms with E-state index in [-0.39, 0.29) is 17.1 Å². The molecule has 0 aromatic heterocycles. The van der Waals surface area contributed by atoms with Gasteiger partial charge in [0.1, 0.15) is 5.75 Å². The van der Waals surface area contributed by atoms with Crippen LogP contribution in [0, 0.1) is 5.82 Å². The van der Waals surface area contributed by atoms with Crippen LogP contribution in [-0.4, -0.2) is 5.91 Å². The van der Waals surface area contributed by atoms with Gasteiger partial charge >= 0.3 is 0 Å². The number of halogens is 3. The van der Waals surface area contributed by atoms with E-state index in [0.29, 0.717) is 9.50 Å². The Hall–Kier alpha value is -1.59. The summed E-state index contributed by atoms with van der Waals surface area (Å²) in [5.74, 6) is -1.16. The van der Waals surface area contributed by atoms with Gasteiger partial charge in [-0.2, -0.15) is 0 Å². The van der Waals surface area contributed by atoms with Crippen LogP contribution in [0.15, 0.2) is 40.9 Å². The molecule has 0 unspecified atom stereocenters. The third kappa shape index (κ3) is 3.24. The molecule has 0 spiro atoms. The van der Waals surface area contributed by atoms with Gasteiger partial charge in [-0.05, 0) is 30.3 Å². The molecule has 2 aromatic carbocycles. The number of hydrogen-bond donors (Lipinski definition) is 1. The predicted molar refractivity (Wildman–Crippen MR) is 74.1 cm³/mol. The molecule has 0 radical (unpaired) electrons. The molecule has 1 amide bonds. The third-order valence-electron chi connectivity index (χ3n) is 2.32. The molecule has 0 bridgehead atoms. The number of carbonyl (C=O) groups is 1. The van der Waals surface area contributed by atoms with Crippen molar-refractivity contribution in [1.29, 1.82) is 0 Å². The Morgan fingerprint density at radius 2 is 1.95 bits per heavy atom. The highest BCUT2D eigenvalue weighted by Crippen LogP contribution is 2.31. The molecule has 0 heterocycles. The highest BCUT2D eigenvalue weighted by Gasteiger charge is 2.13. The zero-order valence-electron chi connectivity index (χ0n) is 9.49. The van der Waals surface area contributed by atoms with Gasteiger partial charge < -0.3 is 10.5 Å². The van der Waals surface area contributed by atoms with Crippen molar-refractivity contribution in [3.8, 4) is 11.5 Å². The second-order valence-electron chi connectivity index (χ2n) is 3.68. The highest BCUT2D eigenvalue weighted by atomic mass is 79.9. The fourth-order valence-electron chi connectivity index (χ4n) is 1.46. The maximum absolute atomic E-state index is 13.6. The van der Waals surface area contributed by atoms with Gasteiger partial charge in [-0.25, -0.2) is 4.39 Å². The van der Waals surface area contributed by atoms with Crippen LogP contribution < -0.4 is 10.5 Å². The summed E-state index contributed by atoms with van der Waals surface area (Å²) in [6.07, 6.45) is 0. The summed E-state index contributed by atoms with van der Waals surface area (Å²) in [4.78, 5) is 11.3. The van der Waals surface area contributed by atoms with Gasteiger partial charge in [-0.3, -0.25) is 4.79 Å². The van der Waals surface area contributed by atoms with Crippen molar-refractivity contribution in [3.63, 3.8) is 0 Å². The first kappa shape index (κ1) is 13.8. The first-order valence-corrected chi connectivity index (χ1v) is 6.37. The minimum Gasteiger partial charge on any atom is -0.453 e. The van der Waals surface area contributed by atoms with E-state index in [1.165, 1.54) is 36.4 Å². The fraction of sp³-hybridized carbons (Fsp3) is 0. The van der Waals surface area contributed by atoms with Crippen LogP contribution in [-0.2, 0) is 0 Å². The maximum atomic E-state index is 13.6. The normalized spacial score (nSPS) is 10.3. The lowest BCUT2D eigenvalue weighted by Gasteiger charge is -2.10. The van der Waals surface area contributed by atoms with Gasteiger partial charge in [0.05, 0.1) is 5.56 Å². The number of nitrogens with two attached hydrogens (primary N) is 1. The minimum atomic E-state index is -0.679. The molecule has 2 aromatic rings. The zero-order valence-corrected chi connectivity index (χ0v) is 11.8. The first-order chi connectivity index (χ1) is 8.97. The number of hydrogen-bond acceptors (Lipinski definition) is 2. The molecular weight excluding hydrogens is 337 g/mol. The summed E-state index contributed by atoms with van der Waals surface area (Å²) in [7, 11) is 0. The smallest absolute Gasteiger partial charge is 0.252 e. The molecule has 2 N–H and O–H groups in total. The van der Waals surface area contributed by atoms with E-state index in [2.05, 4.69) is 15.9 Å². The molecule has 19 heavy (non-hydrogen) atoms. The van der Waals surface area contributed by atoms with Crippen molar-refractivity contribution in [1.82, 2.24) is 0 Å². The molecular formula is C13H8BrClFNO2. The quantitative estimate of drug-likeness (QED) is 0.910. The summed E-state index contributed by atoms with van der Waals surface area (Å²) in [5, 5.41) is 0.357. The SMILES string of the molecule is NC(=O)c1ccc(Cl)cc1Oc1cc(Br)ccc1F. The van der Waals surface area contributed by atoms with Crippen LogP contribution in [0.2, 0.25) is 5.02 Å². The molecule has 0 atom stereocenters. The maximum Gasteiger partial charge on any atom is 0.252 e. The van der Waals surface area contributed by atoms with Crippen molar-refractivity contribution >= 4 is 33.4 Å². The Labute approximate surface area is 122 Å². The standard InChI is InChI=1S/C13H8BrClFNO2/c14-7-1-4-10(16)12(5-7)19-11-6-8(15)2-3-9(11)13(17)18/h1-6H,(H2,17,18). The summed E-state index contributed by atoms with van der Waals surface area (Å²) >= 11 is 9.03. The number of benzene rings is 2. The molecule has 6 heteroatoms. The number of carbonyl (C=O) groups excluding carboxylic acids is 1. The average molecular weight is 345 g/mol. The molecule has 0 aliphatic rings. The van der Waals surface area contributed by atoms with E-state index >= 15 is 0 Å². The number of primary amides is 1. The summed E-state index contributed by atoms with van der Waals surface area (Å²) < 4.78 is 19.6. The second-order valence-corrected chi connectivity index (χ2v) is 5.03. The lowest BCUT2D eigenvalue weighted by molar-refractivity contribution is 0.0998. The van der Waals surface area contributed by atoms with E-state index in [9.17, 15) is 9.18 Å². The zero-order chi connectivity index (χ0) is 14.0. The van der Waals surface area contributed by atoms with Gasteiger partial charge in [0.2, 0.25) is 0 Å². The molecule has 3 nitrogen and oxygen atoms in total. The van der Waals surface area contributed by atoms with Crippen LogP contribution >= 0.6 is 27.5 Å². The second kappa shape index (κ2) is 5.59. The van der Waals surface area contributed by atoms with Crippen LogP contribution in [0.1, 0.15) is 10.4 Å². The number of amides is 1. The Morgan fingerprint density at radius 1 is 1.21 bits per heavy atom. The fourth-order valence-corrected chi connectivity index (χ4v) is 1.96.